The van der Waals surface area contributed by atoms with E-state index >= 15 is 0 Å². The van der Waals surface area contributed by atoms with Crippen molar-refractivity contribution in [3.8, 4) is 22.3 Å². The van der Waals surface area contributed by atoms with Crippen molar-refractivity contribution in [3.63, 3.8) is 0 Å². The first-order chi connectivity index (χ1) is 29.7. The molecule has 0 unspecified atom stereocenters. The predicted octanol–water partition coefficient (Wildman–Crippen LogP) is 16.3. The Balaban J connectivity index is 0.817. The molecule has 0 N–H and O–H groups in total. The van der Waals surface area contributed by atoms with Gasteiger partial charge in [0.25, 0.3) is 0 Å². The minimum Gasteiger partial charge on any atom is -0.311 e. The maximum atomic E-state index is 2.28. The van der Waals surface area contributed by atoms with Crippen LogP contribution in [0, 0.1) is 0 Å². The minimum absolute atomic E-state index is 1.12. The van der Waals surface area contributed by atoms with Crippen molar-refractivity contribution in [3.05, 3.63) is 265 Å². The Labute approximate surface area is 353 Å². The second-order valence-corrected chi connectivity index (χ2v) is 14.7. The van der Waals surface area contributed by atoms with Crippen LogP contribution in [0.1, 0.15) is 22.3 Å². The van der Waals surface area contributed by atoms with E-state index in [0.717, 1.165) is 45.3 Å². The Hall–Kier alpha value is -7.94. The van der Waals surface area contributed by atoms with Gasteiger partial charge in [0.1, 0.15) is 0 Å². The summed E-state index contributed by atoms with van der Waals surface area (Å²) in [7, 11) is 0. The zero-order valence-electron chi connectivity index (χ0n) is 33.3. The molecule has 60 heavy (non-hydrogen) atoms. The van der Waals surface area contributed by atoms with Crippen LogP contribution in [0.5, 0.6) is 0 Å². The van der Waals surface area contributed by atoms with E-state index in [9.17, 15) is 0 Å². The molecule has 0 aromatic heterocycles. The summed E-state index contributed by atoms with van der Waals surface area (Å²) >= 11 is 0. The van der Waals surface area contributed by atoms with Gasteiger partial charge < -0.3 is 9.80 Å². The molecule has 2 nitrogen and oxygen atoms in total. The summed E-state index contributed by atoms with van der Waals surface area (Å²) in [4.78, 5) is 4.56. The molecule has 0 heterocycles. The number of para-hydroxylation sites is 4. The van der Waals surface area contributed by atoms with E-state index < -0.39 is 0 Å². The summed E-state index contributed by atoms with van der Waals surface area (Å²) in [6.07, 6.45) is 8.70. The molecular weight excluding hydrogens is 725 g/mol. The van der Waals surface area contributed by atoms with Gasteiger partial charge in [-0.2, -0.15) is 0 Å². The lowest BCUT2D eigenvalue weighted by atomic mass is 9.98. The van der Waals surface area contributed by atoms with Crippen LogP contribution in [-0.2, 0) is 0 Å². The second kappa shape index (κ2) is 18.1. The highest BCUT2D eigenvalue weighted by Gasteiger charge is 2.13. The maximum Gasteiger partial charge on any atom is 0.0462 e. The fraction of sp³-hybridized carbons (Fsp3) is 0. The number of hydrogen-bond donors (Lipinski definition) is 0. The molecule has 0 aliphatic carbocycles. The highest BCUT2D eigenvalue weighted by molar-refractivity contribution is 5.80. The largest absolute Gasteiger partial charge is 0.311 e. The zero-order valence-corrected chi connectivity index (χ0v) is 33.3. The van der Waals surface area contributed by atoms with Crippen LogP contribution in [-0.4, -0.2) is 0 Å². The van der Waals surface area contributed by atoms with Crippen molar-refractivity contribution >= 4 is 58.4 Å². The van der Waals surface area contributed by atoms with Crippen molar-refractivity contribution in [2.24, 2.45) is 0 Å². The Morgan fingerprint density at radius 1 is 0.183 bits per heavy atom. The third kappa shape index (κ3) is 8.95. The van der Waals surface area contributed by atoms with Gasteiger partial charge in [0.15, 0.2) is 0 Å². The van der Waals surface area contributed by atoms with E-state index in [1.54, 1.807) is 0 Å². The van der Waals surface area contributed by atoms with E-state index in [0.29, 0.717) is 0 Å². The van der Waals surface area contributed by atoms with Crippen LogP contribution >= 0.6 is 0 Å². The van der Waals surface area contributed by atoms with Gasteiger partial charge in [-0.1, -0.05) is 194 Å². The van der Waals surface area contributed by atoms with Crippen molar-refractivity contribution < 1.29 is 0 Å². The summed E-state index contributed by atoms with van der Waals surface area (Å²) in [5.41, 5.74) is 16.2. The van der Waals surface area contributed by atoms with Gasteiger partial charge >= 0.3 is 0 Å². The maximum absolute atomic E-state index is 2.28. The molecular formula is C58H44N2. The lowest BCUT2D eigenvalue weighted by Crippen LogP contribution is -2.09. The Bertz CT molecular complexity index is 2500. The molecule has 0 saturated carbocycles. The second-order valence-electron chi connectivity index (χ2n) is 14.7. The highest BCUT2D eigenvalue weighted by Crippen LogP contribution is 2.36. The Kier molecular flexibility index (Phi) is 11.4. The quantitative estimate of drug-likeness (QED) is 0.114. The molecule has 0 fully saturated rings. The molecule has 0 spiro atoms. The van der Waals surface area contributed by atoms with Crippen molar-refractivity contribution in [2.45, 2.75) is 0 Å². The third-order valence-corrected chi connectivity index (χ3v) is 10.7. The predicted molar refractivity (Wildman–Crippen MR) is 257 cm³/mol. The number of rotatable bonds is 12. The summed E-state index contributed by atoms with van der Waals surface area (Å²) in [5.74, 6) is 0. The molecule has 9 aromatic carbocycles. The topological polar surface area (TPSA) is 6.48 Å². The van der Waals surface area contributed by atoms with E-state index in [2.05, 4.69) is 277 Å². The Morgan fingerprint density at radius 2 is 0.367 bits per heavy atom. The molecule has 0 aliphatic rings. The van der Waals surface area contributed by atoms with Crippen molar-refractivity contribution in [2.75, 3.05) is 9.80 Å². The van der Waals surface area contributed by atoms with Crippen LogP contribution in [0.3, 0.4) is 0 Å². The first kappa shape index (κ1) is 37.6. The number of anilines is 6. The molecule has 2 heteroatoms. The molecule has 9 aromatic rings. The van der Waals surface area contributed by atoms with Gasteiger partial charge in [-0.15, -0.1) is 0 Å². The van der Waals surface area contributed by atoms with Gasteiger partial charge in [-0.25, -0.2) is 0 Å². The van der Waals surface area contributed by atoms with Crippen LogP contribution in [0.25, 0.3) is 46.6 Å². The van der Waals surface area contributed by atoms with E-state index in [-0.39, 0.29) is 0 Å². The molecule has 0 saturated heterocycles. The van der Waals surface area contributed by atoms with E-state index in [1.807, 2.05) is 0 Å². The first-order valence-corrected chi connectivity index (χ1v) is 20.4. The standard InChI is InChI=1S/C58H44N2/c1-5-13-53(14-6-1)59(54-15-7-2-8-16-54)57-41-29-47(30-42-57)23-21-45-25-33-49(34-26-45)51-37-39-52(40-38-51)50-35-27-46(28-36-50)22-24-48-31-43-58(44-32-48)60(55-17-9-3-10-18-55)56-19-11-4-12-20-56/h1-44H. The zero-order chi connectivity index (χ0) is 40.4. The summed E-state index contributed by atoms with van der Waals surface area (Å²) in [6.45, 7) is 0. The monoisotopic (exact) mass is 768 g/mol. The van der Waals surface area contributed by atoms with Crippen molar-refractivity contribution in [1.82, 2.24) is 0 Å². The molecule has 0 amide bonds. The fourth-order valence-electron chi connectivity index (χ4n) is 7.49. The van der Waals surface area contributed by atoms with Crippen LogP contribution < -0.4 is 9.80 Å². The molecule has 0 atom stereocenters. The van der Waals surface area contributed by atoms with Gasteiger partial charge in [-0.05, 0) is 117 Å². The van der Waals surface area contributed by atoms with E-state index in [1.165, 1.54) is 33.4 Å². The van der Waals surface area contributed by atoms with Crippen LogP contribution in [0.15, 0.2) is 243 Å². The van der Waals surface area contributed by atoms with Crippen LogP contribution in [0.2, 0.25) is 0 Å². The number of nitrogens with zero attached hydrogens (tertiary/aromatic N) is 2. The molecule has 0 aliphatic heterocycles. The first-order valence-electron chi connectivity index (χ1n) is 20.4. The van der Waals surface area contributed by atoms with Crippen LogP contribution in [0.4, 0.5) is 34.1 Å². The molecule has 0 radical (unpaired) electrons. The molecule has 9 rings (SSSR count). The number of benzene rings is 9. The third-order valence-electron chi connectivity index (χ3n) is 10.7. The van der Waals surface area contributed by atoms with E-state index in [4.69, 9.17) is 0 Å². The number of hydrogen-bond acceptors (Lipinski definition) is 2. The summed E-state index contributed by atoms with van der Waals surface area (Å²) in [6, 6.07) is 85.8. The Morgan fingerprint density at radius 3 is 0.600 bits per heavy atom. The normalized spacial score (nSPS) is 11.2. The lowest BCUT2D eigenvalue weighted by molar-refractivity contribution is 1.28. The van der Waals surface area contributed by atoms with Gasteiger partial charge in [0.2, 0.25) is 0 Å². The van der Waals surface area contributed by atoms with Crippen molar-refractivity contribution in [1.29, 1.82) is 0 Å². The SMILES string of the molecule is C(=Cc1ccc(N(c2ccccc2)c2ccccc2)cc1)c1ccc(-c2ccc(-c3ccc(C=Cc4ccc(N(c5ccccc5)c5ccccc5)cc4)cc3)cc2)cc1. The highest BCUT2D eigenvalue weighted by atomic mass is 15.1. The lowest BCUT2D eigenvalue weighted by Gasteiger charge is -2.25. The minimum atomic E-state index is 1.12. The average molecular weight is 769 g/mol. The smallest absolute Gasteiger partial charge is 0.0462 e. The van der Waals surface area contributed by atoms with Gasteiger partial charge in [-0.3, -0.25) is 0 Å². The van der Waals surface area contributed by atoms with Gasteiger partial charge in [0, 0.05) is 34.1 Å². The average Bonchev–Trinajstić information content (AvgIpc) is 3.33. The molecule has 286 valence electrons. The fourth-order valence-corrected chi connectivity index (χ4v) is 7.49. The summed E-state index contributed by atoms with van der Waals surface area (Å²) < 4.78 is 0. The summed E-state index contributed by atoms with van der Waals surface area (Å²) in [5, 5.41) is 0. The van der Waals surface area contributed by atoms with Gasteiger partial charge in [0.05, 0.1) is 0 Å². The molecule has 0 bridgehead atoms.